The first-order valence-corrected chi connectivity index (χ1v) is 7.58. The molecule has 0 spiro atoms. The van der Waals surface area contributed by atoms with Crippen molar-refractivity contribution in [2.75, 3.05) is 13.2 Å². The molecule has 124 valence electrons. The van der Waals surface area contributed by atoms with E-state index in [1.807, 2.05) is 20.8 Å². The minimum absolute atomic E-state index is 0.0981. The van der Waals surface area contributed by atoms with Gasteiger partial charge in [0, 0.05) is 13.2 Å². The highest BCUT2D eigenvalue weighted by molar-refractivity contribution is 5.74. The van der Waals surface area contributed by atoms with Gasteiger partial charge in [-0.15, -0.1) is 0 Å². The van der Waals surface area contributed by atoms with Crippen molar-refractivity contribution in [2.45, 2.75) is 47.1 Å². The van der Waals surface area contributed by atoms with E-state index in [9.17, 15) is 9.18 Å². The van der Waals surface area contributed by atoms with Crippen molar-refractivity contribution in [1.82, 2.24) is 10.6 Å². The quantitative estimate of drug-likeness (QED) is 0.755. The van der Waals surface area contributed by atoms with Crippen LogP contribution in [0.4, 0.5) is 9.18 Å². The van der Waals surface area contributed by atoms with Crippen LogP contribution in [-0.2, 0) is 0 Å². The van der Waals surface area contributed by atoms with Crippen molar-refractivity contribution < 1.29 is 14.3 Å². The van der Waals surface area contributed by atoms with Crippen LogP contribution < -0.4 is 10.6 Å². The number of nitrogens with one attached hydrogen (secondary N) is 2. The molecule has 0 saturated heterocycles. The molecule has 0 aliphatic carbocycles. The fourth-order valence-corrected chi connectivity index (χ4v) is 2.27. The van der Waals surface area contributed by atoms with E-state index >= 15 is 0 Å². The second-order valence-electron chi connectivity index (χ2n) is 6.66. The van der Waals surface area contributed by atoms with E-state index in [0.717, 1.165) is 5.56 Å². The summed E-state index contributed by atoms with van der Waals surface area (Å²) >= 11 is 0. The van der Waals surface area contributed by atoms with Crippen LogP contribution in [0.25, 0.3) is 0 Å². The molecule has 1 aromatic carbocycles. The number of urea groups is 1. The zero-order chi connectivity index (χ0) is 16.9. The number of hydrogen-bond donors (Lipinski definition) is 3. The number of aliphatic hydroxyl groups is 1. The molecule has 1 aromatic rings. The number of halogens is 1. The zero-order valence-corrected chi connectivity index (χ0v) is 14.1. The van der Waals surface area contributed by atoms with Gasteiger partial charge in [0.25, 0.3) is 0 Å². The molecular formula is C17H27FN2O2. The molecule has 22 heavy (non-hydrogen) atoms. The summed E-state index contributed by atoms with van der Waals surface area (Å²) in [7, 11) is 0. The molecule has 0 radical (unpaired) electrons. The molecule has 0 bridgehead atoms. The average Bonchev–Trinajstić information content (AvgIpc) is 2.42. The second-order valence-corrected chi connectivity index (χ2v) is 6.66. The van der Waals surface area contributed by atoms with E-state index in [0.29, 0.717) is 24.1 Å². The third-order valence-corrected chi connectivity index (χ3v) is 3.82. The SMILES string of the molecule is Cc1cc(C(C)NC(=O)NCC(C)(C)CCO)cc(C)c1F. The summed E-state index contributed by atoms with van der Waals surface area (Å²) in [6.45, 7) is 9.85. The number of amides is 2. The van der Waals surface area contributed by atoms with E-state index in [1.54, 1.807) is 26.0 Å². The van der Waals surface area contributed by atoms with Gasteiger partial charge in [-0.1, -0.05) is 26.0 Å². The van der Waals surface area contributed by atoms with Crippen LogP contribution in [0, 0.1) is 25.1 Å². The summed E-state index contributed by atoms with van der Waals surface area (Å²) in [5, 5.41) is 14.6. The van der Waals surface area contributed by atoms with Crippen LogP contribution in [0.5, 0.6) is 0 Å². The Morgan fingerprint density at radius 3 is 2.36 bits per heavy atom. The van der Waals surface area contributed by atoms with E-state index in [4.69, 9.17) is 5.11 Å². The van der Waals surface area contributed by atoms with Gasteiger partial charge in [0.2, 0.25) is 0 Å². The summed E-state index contributed by atoms with van der Waals surface area (Å²) in [5.41, 5.74) is 1.88. The van der Waals surface area contributed by atoms with Gasteiger partial charge in [-0.3, -0.25) is 0 Å². The lowest BCUT2D eigenvalue weighted by Gasteiger charge is -2.25. The number of benzene rings is 1. The van der Waals surface area contributed by atoms with Crippen LogP contribution in [0.3, 0.4) is 0 Å². The van der Waals surface area contributed by atoms with Gasteiger partial charge < -0.3 is 15.7 Å². The third-order valence-electron chi connectivity index (χ3n) is 3.82. The number of carbonyl (C=O) groups is 1. The van der Waals surface area contributed by atoms with Gasteiger partial charge in [0.1, 0.15) is 5.82 Å². The van der Waals surface area contributed by atoms with Gasteiger partial charge in [0.05, 0.1) is 6.04 Å². The topological polar surface area (TPSA) is 61.4 Å². The van der Waals surface area contributed by atoms with E-state index < -0.39 is 0 Å². The second kappa shape index (κ2) is 7.58. The van der Waals surface area contributed by atoms with Crippen LogP contribution in [0.15, 0.2) is 12.1 Å². The smallest absolute Gasteiger partial charge is 0.315 e. The molecule has 0 saturated carbocycles. The van der Waals surface area contributed by atoms with E-state index in [-0.39, 0.29) is 29.9 Å². The molecule has 0 aliphatic heterocycles. The lowest BCUT2D eigenvalue weighted by atomic mass is 9.90. The Hall–Kier alpha value is -1.62. The molecule has 3 N–H and O–H groups in total. The molecule has 0 aromatic heterocycles. The Labute approximate surface area is 132 Å². The van der Waals surface area contributed by atoms with Crippen molar-refractivity contribution in [3.05, 3.63) is 34.6 Å². The first-order valence-electron chi connectivity index (χ1n) is 7.58. The summed E-state index contributed by atoms with van der Waals surface area (Å²) in [6.07, 6.45) is 0.624. The predicted octanol–water partition coefficient (Wildman–Crippen LogP) is 3.21. The van der Waals surface area contributed by atoms with Crippen molar-refractivity contribution in [3.63, 3.8) is 0 Å². The lowest BCUT2D eigenvalue weighted by molar-refractivity contribution is 0.200. The monoisotopic (exact) mass is 310 g/mol. The molecule has 0 heterocycles. The van der Waals surface area contributed by atoms with Crippen LogP contribution >= 0.6 is 0 Å². The number of rotatable bonds is 6. The Balaban J connectivity index is 2.61. The Bertz CT molecular complexity index is 506. The summed E-state index contributed by atoms with van der Waals surface area (Å²) in [6, 6.07) is 3.03. The van der Waals surface area contributed by atoms with E-state index in [2.05, 4.69) is 10.6 Å². The minimum Gasteiger partial charge on any atom is -0.396 e. The van der Waals surface area contributed by atoms with Crippen LogP contribution in [0.1, 0.15) is 49.9 Å². The van der Waals surface area contributed by atoms with Crippen molar-refractivity contribution in [1.29, 1.82) is 0 Å². The summed E-state index contributed by atoms with van der Waals surface area (Å²) < 4.78 is 13.6. The minimum atomic E-state index is -0.266. The number of aryl methyl sites for hydroxylation is 2. The van der Waals surface area contributed by atoms with Gasteiger partial charge in [-0.25, -0.2) is 9.18 Å². The molecule has 0 aliphatic rings. The molecule has 1 atom stereocenters. The van der Waals surface area contributed by atoms with Crippen molar-refractivity contribution in [2.24, 2.45) is 5.41 Å². The molecule has 5 heteroatoms. The van der Waals surface area contributed by atoms with Crippen LogP contribution in [0.2, 0.25) is 0 Å². The molecule has 1 unspecified atom stereocenters. The number of hydrogen-bond acceptors (Lipinski definition) is 2. The fourth-order valence-electron chi connectivity index (χ4n) is 2.27. The molecule has 4 nitrogen and oxygen atoms in total. The standard InChI is InChI=1S/C17H27FN2O2/c1-11-8-14(9-12(2)15(11)18)13(3)20-16(22)19-10-17(4,5)6-7-21/h8-9,13,21H,6-7,10H2,1-5H3,(H2,19,20,22). The largest absolute Gasteiger partial charge is 0.396 e. The maximum absolute atomic E-state index is 13.6. The Morgan fingerprint density at radius 1 is 1.32 bits per heavy atom. The summed E-state index contributed by atoms with van der Waals surface area (Å²) in [5.74, 6) is -0.203. The predicted molar refractivity (Wildman–Crippen MR) is 86.3 cm³/mol. The van der Waals surface area contributed by atoms with Gasteiger partial charge in [-0.2, -0.15) is 0 Å². The highest BCUT2D eigenvalue weighted by Gasteiger charge is 2.19. The molecule has 2 amide bonds. The first kappa shape index (κ1) is 18.4. The molecule has 1 rings (SSSR count). The molecular weight excluding hydrogens is 283 g/mol. The zero-order valence-electron chi connectivity index (χ0n) is 14.1. The average molecular weight is 310 g/mol. The summed E-state index contributed by atoms with van der Waals surface area (Å²) in [4.78, 5) is 12.0. The Kier molecular flexibility index (Phi) is 6.35. The maximum atomic E-state index is 13.6. The normalized spacial score (nSPS) is 12.9. The fraction of sp³-hybridized carbons (Fsp3) is 0.588. The third kappa shape index (κ3) is 5.30. The highest BCUT2D eigenvalue weighted by atomic mass is 19.1. The highest BCUT2D eigenvalue weighted by Crippen LogP contribution is 2.20. The van der Waals surface area contributed by atoms with E-state index in [1.165, 1.54) is 0 Å². The lowest BCUT2D eigenvalue weighted by Crippen LogP contribution is -2.41. The van der Waals surface area contributed by atoms with Crippen molar-refractivity contribution >= 4 is 6.03 Å². The van der Waals surface area contributed by atoms with Gasteiger partial charge in [-0.05, 0) is 49.3 Å². The number of aliphatic hydroxyl groups excluding tert-OH is 1. The number of carbonyl (C=O) groups excluding carboxylic acids is 1. The van der Waals surface area contributed by atoms with Crippen LogP contribution in [-0.4, -0.2) is 24.3 Å². The first-order chi connectivity index (χ1) is 10.2. The van der Waals surface area contributed by atoms with Crippen molar-refractivity contribution in [3.8, 4) is 0 Å². The Morgan fingerprint density at radius 2 is 1.86 bits per heavy atom. The maximum Gasteiger partial charge on any atom is 0.315 e. The van der Waals surface area contributed by atoms with Gasteiger partial charge >= 0.3 is 6.03 Å². The van der Waals surface area contributed by atoms with Gasteiger partial charge in [0.15, 0.2) is 0 Å². The molecule has 0 fully saturated rings.